The Kier molecular flexibility index (Phi) is 2.07. The SMILES string of the molecule is O=C1c2no[n+]([O-])c2CCN1c1ccccc1. The Hall–Kier alpha value is -2.37. The van der Waals surface area contributed by atoms with Crippen molar-refractivity contribution in [2.24, 2.45) is 0 Å². The summed E-state index contributed by atoms with van der Waals surface area (Å²) in [5.41, 5.74) is 1.21. The number of nitrogens with zero attached hydrogens (tertiary/aromatic N) is 3. The van der Waals surface area contributed by atoms with Crippen LogP contribution in [0.2, 0.25) is 0 Å². The summed E-state index contributed by atoms with van der Waals surface area (Å²) >= 11 is 0. The largest absolute Gasteiger partial charge is 0.359 e. The Morgan fingerprint density at radius 3 is 2.88 bits per heavy atom. The summed E-state index contributed by atoms with van der Waals surface area (Å²) < 4.78 is 4.44. The molecule has 1 aromatic heterocycles. The van der Waals surface area contributed by atoms with E-state index >= 15 is 0 Å². The van der Waals surface area contributed by atoms with Crippen LogP contribution in [0.25, 0.3) is 0 Å². The minimum Gasteiger partial charge on any atom is -0.359 e. The number of rotatable bonds is 1. The third-order valence-corrected chi connectivity index (χ3v) is 2.79. The van der Waals surface area contributed by atoms with Crippen molar-refractivity contribution < 1.29 is 14.3 Å². The lowest BCUT2D eigenvalue weighted by atomic mass is 10.1. The van der Waals surface area contributed by atoms with Gasteiger partial charge >= 0.3 is 11.6 Å². The van der Waals surface area contributed by atoms with Gasteiger partial charge in [0.25, 0.3) is 0 Å². The lowest BCUT2D eigenvalue weighted by Gasteiger charge is -2.23. The van der Waals surface area contributed by atoms with Crippen molar-refractivity contribution in [3.05, 3.63) is 46.9 Å². The second-order valence-corrected chi connectivity index (χ2v) is 3.77. The number of aromatic nitrogens is 2. The molecule has 86 valence electrons. The maximum Gasteiger partial charge on any atom is 0.309 e. The first-order chi connectivity index (χ1) is 8.27. The number of carbonyl (C=O) groups excluding carboxylic acids is 1. The van der Waals surface area contributed by atoms with Crippen molar-refractivity contribution in [1.29, 1.82) is 0 Å². The molecule has 1 aromatic carbocycles. The molecule has 6 nitrogen and oxygen atoms in total. The Morgan fingerprint density at radius 1 is 1.35 bits per heavy atom. The number of benzene rings is 1. The van der Waals surface area contributed by atoms with E-state index in [1.54, 1.807) is 4.90 Å². The molecule has 0 fully saturated rings. The fourth-order valence-electron chi connectivity index (χ4n) is 1.94. The van der Waals surface area contributed by atoms with Gasteiger partial charge in [-0.1, -0.05) is 18.2 Å². The van der Waals surface area contributed by atoms with Crippen LogP contribution >= 0.6 is 0 Å². The van der Waals surface area contributed by atoms with Crippen LogP contribution in [0.3, 0.4) is 0 Å². The molecule has 1 aliphatic heterocycles. The van der Waals surface area contributed by atoms with Crippen molar-refractivity contribution >= 4 is 11.6 Å². The van der Waals surface area contributed by atoms with Gasteiger partial charge in [0.15, 0.2) is 0 Å². The van der Waals surface area contributed by atoms with E-state index in [1.807, 2.05) is 30.3 Å². The summed E-state index contributed by atoms with van der Waals surface area (Å²) in [5, 5.41) is 14.7. The molecule has 0 unspecified atom stereocenters. The molecule has 0 atom stereocenters. The quantitative estimate of drug-likeness (QED) is 0.670. The monoisotopic (exact) mass is 231 g/mol. The second-order valence-electron chi connectivity index (χ2n) is 3.77. The summed E-state index contributed by atoms with van der Waals surface area (Å²) in [5.74, 6) is -0.296. The third-order valence-electron chi connectivity index (χ3n) is 2.79. The predicted molar refractivity (Wildman–Crippen MR) is 57.3 cm³/mol. The molecule has 0 spiro atoms. The van der Waals surface area contributed by atoms with Crippen LogP contribution in [0, 0.1) is 5.21 Å². The average Bonchev–Trinajstić information content (AvgIpc) is 2.74. The van der Waals surface area contributed by atoms with Crippen LogP contribution in [-0.4, -0.2) is 17.6 Å². The molecule has 6 heteroatoms. The van der Waals surface area contributed by atoms with Crippen molar-refractivity contribution in [1.82, 2.24) is 5.16 Å². The van der Waals surface area contributed by atoms with Gasteiger partial charge in [-0.3, -0.25) is 9.42 Å². The van der Waals surface area contributed by atoms with E-state index in [0.717, 1.165) is 5.69 Å². The van der Waals surface area contributed by atoms with E-state index in [9.17, 15) is 10.0 Å². The molecule has 1 amide bonds. The van der Waals surface area contributed by atoms with Gasteiger partial charge in [0.1, 0.15) is 0 Å². The lowest BCUT2D eigenvalue weighted by molar-refractivity contribution is -0.807. The van der Waals surface area contributed by atoms with Crippen LogP contribution in [0.4, 0.5) is 5.69 Å². The van der Waals surface area contributed by atoms with Crippen LogP contribution in [0.15, 0.2) is 35.0 Å². The van der Waals surface area contributed by atoms with Gasteiger partial charge in [0, 0.05) is 18.7 Å². The Bertz CT molecular complexity index is 565. The van der Waals surface area contributed by atoms with Crippen molar-refractivity contribution in [2.75, 3.05) is 11.4 Å². The maximum absolute atomic E-state index is 12.1. The van der Waals surface area contributed by atoms with Crippen molar-refractivity contribution in [3.8, 4) is 0 Å². The zero-order valence-corrected chi connectivity index (χ0v) is 8.87. The zero-order chi connectivity index (χ0) is 11.8. The number of hydrogen-bond acceptors (Lipinski definition) is 4. The van der Waals surface area contributed by atoms with E-state index in [1.165, 1.54) is 0 Å². The summed E-state index contributed by atoms with van der Waals surface area (Å²) in [7, 11) is 0. The van der Waals surface area contributed by atoms with Gasteiger partial charge in [-0.25, -0.2) is 0 Å². The topological polar surface area (TPSA) is 73.3 Å². The molecule has 2 heterocycles. The summed E-state index contributed by atoms with van der Waals surface area (Å²) in [6, 6.07) is 9.27. The van der Waals surface area contributed by atoms with E-state index in [-0.39, 0.29) is 11.6 Å². The van der Waals surface area contributed by atoms with Gasteiger partial charge in [-0.05, 0) is 17.0 Å². The summed E-state index contributed by atoms with van der Waals surface area (Å²) in [6.07, 6.45) is 0.447. The van der Waals surface area contributed by atoms with E-state index in [4.69, 9.17) is 0 Å². The van der Waals surface area contributed by atoms with Gasteiger partial charge in [-0.2, -0.15) is 0 Å². The first-order valence-electron chi connectivity index (χ1n) is 5.23. The normalized spacial score (nSPS) is 14.8. The fraction of sp³-hybridized carbons (Fsp3) is 0.182. The number of para-hydroxylation sites is 1. The molecule has 0 N–H and O–H groups in total. The molecule has 2 aromatic rings. The molecular formula is C11H9N3O3. The highest BCUT2D eigenvalue weighted by Crippen LogP contribution is 2.21. The molecule has 1 aliphatic rings. The highest BCUT2D eigenvalue weighted by molar-refractivity contribution is 6.06. The van der Waals surface area contributed by atoms with E-state index in [0.29, 0.717) is 23.6 Å². The number of anilines is 1. The van der Waals surface area contributed by atoms with Crippen LogP contribution in [0.5, 0.6) is 0 Å². The number of carbonyl (C=O) groups is 1. The standard InChI is InChI=1S/C11H9N3O3/c15-11-10-9(14(16)17-12-10)6-7-13(11)8-4-2-1-3-5-8/h1-5H,6-7H2. The van der Waals surface area contributed by atoms with Gasteiger partial charge in [0.2, 0.25) is 5.69 Å². The molecule has 0 saturated carbocycles. The van der Waals surface area contributed by atoms with Crippen LogP contribution in [-0.2, 0) is 6.42 Å². The maximum atomic E-state index is 12.1. The highest BCUT2D eigenvalue weighted by Gasteiger charge is 2.35. The van der Waals surface area contributed by atoms with Gasteiger partial charge < -0.3 is 10.1 Å². The lowest BCUT2D eigenvalue weighted by Crippen LogP contribution is -2.42. The number of hydrogen-bond donors (Lipinski definition) is 0. The van der Waals surface area contributed by atoms with Gasteiger partial charge in [-0.15, -0.1) is 0 Å². The van der Waals surface area contributed by atoms with E-state index in [2.05, 4.69) is 9.79 Å². The van der Waals surface area contributed by atoms with Gasteiger partial charge in [0.05, 0.1) is 5.16 Å². The molecule has 0 saturated heterocycles. The molecule has 0 aliphatic carbocycles. The minimum atomic E-state index is -0.296. The fourth-order valence-corrected chi connectivity index (χ4v) is 1.94. The predicted octanol–water partition coefficient (Wildman–Crippen LogP) is 0.511. The molecule has 0 radical (unpaired) electrons. The Morgan fingerprint density at radius 2 is 2.12 bits per heavy atom. The van der Waals surface area contributed by atoms with Crippen molar-refractivity contribution in [3.63, 3.8) is 0 Å². The summed E-state index contributed by atoms with van der Waals surface area (Å²) in [6.45, 7) is 0.458. The second kappa shape index (κ2) is 3.58. The average molecular weight is 231 g/mol. The molecule has 17 heavy (non-hydrogen) atoms. The van der Waals surface area contributed by atoms with Crippen LogP contribution < -0.4 is 9.80 Å². The highest BCUT2D eigenvalue weighted by atomic mass is 16.8. The van der Waals surface area contributed by atoms with E-state index < -0.39 is 0 Å². The Balaban J connectivity index is 2.00. The number of amides is 1. The van der Waals surface area contributed by atoms with Crippen LogP contribution in [0.1, 0.15) is 16.2 Å². The molecular weight excluding hydrogens is 222 g/mol. The first kappa shape index (κ1) is 9.83. The smallest absolute Gasteiger partial charge is 0.309 e. The Labute approximate surface area is 96.6 Å². The summed E-state index contributed by atoms with van der Waals surface area (Å²) in [4.78, 5) is 14.0. The molecule has 3 rings (SSSR count). The van der Waals surface area contributed by atoms with Crippen molar-refractivity contribution in [2.45, 2.75) is 6.42 Å². The number of fused-ring (bicyclic) bond motifs is 1. The third kappa shape index (κ3) is 1.45. The zero-order valence-electron chi connectivity index (χ0n) is 8.87. The first-order valence-corrected chi connectivity index (χ1v) is 5.23. The molecule has 0 bridgehead atoms. The minimum absolute atomic E-state index is 0.107.